The first-order chi connectivity index (χ1) is 8.40. The lowest BCUT2D eigenvalue weighted by Crippen LogP contribution is -2.36. The van der Waals surface area contributed by atoms with Crippen LogP contribution < -0.4 is 0 Å². The van der Waals surface area contributed by atoms with Gasteiger partial charge in [0.1, 0.15) is 0 Å². The molecule has 2 aliphatic rings. The molecule has 2 aliphatic heterocycles. The molecular formula is C14H28N2S. The molecule has 2 nitrogen and oxygen atoms in total. The lowest BCUT2D eigenvalue weighted by atomic mass is 10.1. The third-order valence-electron chi connectivity index (χ3n) is 4.27. The van der Waals surface area contributed by atoms with E-state index in [2.05, 4.69) is 22.4 Å². The van der Waals surface area contributed by atoms with E-state index in [1.165, 1.54) is 77.7 Å². The van der Waals surface area contributed by atoms with E-state index in [-0.39, 0.29) is 0 Å². The summed E-state index contributed by atoms with van der Waals surface area (Å²) in [5, 5.41) is 0. The fraction of sp³-hybridized carbons (Fsp3) is 1.00. The van der Waals surface area contributed by atoms with Gasteiger partial charge in [-0.05, 0) is 64.0 Å². The fourth-order valence-electron chi connectivity index (χ4n) is 3.29. The topological polar surface area (TPSA) is 6.48 Å². The second kappa shape index (κ2) is 7.65. The number of nitrogens with zero attached hydrogens (tertiary/aromatic N) is 2. The smallest absolute Gasteiger partial charge is 0.0223 e. The first-order valence-electron chi connectivity index (χ1n) is 7.47. The summed E-state index contributed by atoms with van der Waals surface area (Å²) in [7, 11) is 0. The van der Waals surface area contributed by atoms with Crippen molar-refractivity contribution in [2.45, 2.75) is 51.0 Å². The van der Waals surface area contributed by atoms with Gasteiger partial charge in [0, 0.05) is 12.6 Å². The number of thiol groups is 1. The van der Waals surface area contributed by atoms with Crippen LogP contribution in [0.4, 0.5) is 0 Å². The highest BCUT2D eigenvalue weighted by atomic mass is 32.1. The highest BCUT2D eigenvalue weighted by Crippen LogP contribution is 2.21. The normalized spacial score (nSPS) is 27.0. The lowest BCUT2D eigenvalue weighted by Gasteiger charge is -2.25. The Balaban J connectivity index is 1.63. The van der Waals surface area contributed by atoms with E-state index >= 15 is 0 Å². The number of hydrogen-bond acceptors (Lipinski definition) is 3. The third kappa shape index (κ3) is 4.46. The Kier molecular flexibility index (Phi) is 6.16. The van der Waals surface area contributed by atoms with Crippen LogP contribution in [0.2, 0.25) is 0 Å². The van der Waals surface area contributed by atoms with Crippen molar-refractivity contribution in [3.8, 4) is 0 Å². The Labute approximate surface area is 112 Å². The van der Waals surface area contributed by atoms with Gasteiger partial charge in [0.15, 0.2) is 0 Å². The average Bonchev–Trinajstić information content (AvgIpc) is 2.68. The zero-order chi connectivity index (χ0) is 11.9. The van der Waals surface area contributed by atoms with Crippen LogP contribution in [0.15, 0.2) is 0 Å². The number of unbranched alkanes of at least 4 members (excludes halogenated alkanes) is 3. The molecule has 2 saturated heterocycles. The van der Waals surface area contributed by atoms with Crippen LogP contribution in [-0.2, 0) is 0 Å². The molecule has 17 heavy (non-hydrogen) atoms. The second-order valence-corrected chi connectivity index (χ2v) is 6.07. The van der Waals surface area contributed by atoms with Gasteiger partial charge < -0.3 is 4.90 Å². The zero-order valence-corrected chi connectivity index (χ0v) is 12.0. The molecule has 2 heterocycles. The molecule has 0 aromatic carbocycles. The molecule has 100 valence electrons. The van der Waals surface area contributed by atoms with Crippen LogP contribution in [0, 0.1) is 0 Å². The van der Waals surface area contributed by atoms with E-state index in [1.807, 2.05) is 0 Å². The summed E-state index contributed by atoms with van der Waals surface area (Å²) in [5.41, 5.74) is 0. The highest BCUT2D eigenvalue weighted by Gasteiger charge is 2.28. The van der Waals surface area contributed by atoms with Crippen LogP contribution in [0.1, 0.15) is 44.9 Å². The summed E-state index contributed by atoms with van der Waals surface area (Å²) in [6.45, 7) is 6.71. The predicted molar refractivity (Wildman–Crippen MR) is 78.0 cm³/mol. The summed E-state index contributed by atoms with van der Waals surface area (Å²) in [5.74, 6) is 1.06. The van der Waals surface area contributed by atoms with Crippen molar-refractivity contribution in [3.63, 3.8) is 0 Å². The molecule has 0 spiro atoms. The molecule has 0 bridgehead atoms. The first-order valence-corrected chi connectivity index (χ1v) is 8.10. The maximum absolute atomic E-state index is 4.26. The number of rotatable bonds is 6. The van der Waals surface area contributed by atoms with Gasteiger partial charge in [0.25, 0.3) is 0 Å². The average molecular weight is 256 g/mol. The molecule has 2 fully saturated rings. The molecule has 3 heteroatoms. The lowest BCUT2D eigenvalue weighted by molar-refractivity contribution is 0.217. The molecule has 2 rings (SSSR count). The maximum atomic E-state index is 4.26. The van der Waals surface area contributed by atoms with Crippen LogP contribution in [0.25, 0.3) is 0 Å². The van der Waals surface area contributed by atoms with Crippen molar-refractivity contribution < 1.29 is 0 Å². The van der Waals surface area contributed by atoms with Crippen molar-refractivity contribution in [2.24, 2.45) is 0 Å². The predicted octanol–water partition coefficient (Wildman–Crippen LogP) is 2.65. The minimum absolute atomic E-state index is 0.884. The fourth-order valence-corrected chi connectivity index (χ4v) is 3.51. The summed E-state index contributed by atoms with van der Waals surface area (Å²) in [6.07, 6.45) is 9.70. The second-order valence-electron chi connectivity index (χ2n) is 5.62. The minimum Gasteiger partial charge on any atom is -0.302 e. The van der Waals surface area contributed by atoms with Crippen molar-refractivity contribution in [2.75, 3.05) is 38.5 Å². The van der Waals surface area contributed by atoms with Gasteiger partial charge in [-0.3, -0.25) is 4.90 Å². The Morgan fingerprint density at radius 1 is 0.941 bits per heavy atom. The molecule has 0 aromatic heterocycles. The standard InChI is InChI=1S/C14H28N2S/c17-12-4-2-1-3-8-15-9-6-11-16-10-5-7-14(16)13-15/h14,17H,1-13H2. The van der Waals surface area contributed by atoms with Crippen LogP contribution >= 0.6 is 12.6 Å². The van der Waals surface area contributed by atoms with Crippen LogP contribution in [-0.4, -0.2) is 54.3 Å². The van der Waals surface area contributed by atoms with Crippen LogP contribution in [0.5, 0.6) is 0 Å². The summed E-state index contributed by atoms with van der Waals surface area (Å²) >= 11 is 4.26. The van der Waals surface area contributed by atoms with Crippen molar-refractivity contribution in [1.29, 1.82) is 0 Å². The molecule has 0 radical (unpaired) electrons. The quantitative estimate of drug-likeness (QED) is 0.576. The molecule has 0 aliphatic carbocycles. The van der Waals surface area contributed by atoms with Crippen molar-refractivity contribution in [1.82, 2.24) is 9.80 Å². The van der Waals surface area contributed by atoms with Crippen molar-refractivity contribution >= 4 is 12.6 Å². The molecular weight excluding hydrogens is 228 g/mol. The molecule has 1 atom stereocenters. The minimum atomic E-state index is 0.884. The van der Waals surface area contributed by atoms with Gasteiger partial charge in [-0.15, -0.1) is 0 Å². The third-order valence-corrected chi connectivity index (χ3v) is 4.59. The highest BCUT2D eigenvalue weighted by molar-refractivity contribution is 7.80. The van der Waals surface area contributed by atoms with E-state index in [1.54, 1.807) is 0 Å². The van der Waals surface area contributed by atoms with E-state index in [0.717, 1.165) is 11.8 Å². The largest absolute Gasteiger partial charge is 0.302 e. The van der Waals surface area contributed by atoms with Gasteiger partial charge in [-0.1, -0.05) is 12.8 Å². The van der Waals surface area contributed by atoms with E-state index < -0.39 is 0 Å². The maximum Gasteiger partial charge on any atom is 0.0223 e. The van der Waals surface area contributed by atoms with E-state index in [0.29, 0.717) is 0 Å². The van der Waals surface area contributed by atoms with Gasteiger partial charge in [0.05, 0.1) is 0 Å². The number of fused-ring (bicyclic) bond motifs is 1. The van der Waals surface area contributed by atoms with Gasteiger partial charge >= 0.3 is 0 Å². The molecule has 0 N–H and O–H groups in total. The van der Waals surface area contributed by atoms with Crippen molar-refractivity contribution in [3.05, 3.63) is 0 Å². The Morgan fingerprint density at radius 2 is 1.76 bits per heavy atom. The Hall–Kier alpha value is 0.270. The summed E-state index contributed by atoms with van der Waals surface area (Å²) in [4.78, 5) is 5.44. The zero-order valence-electron chi connectivity index (χ0n) is 11.1. The number of hydrogen-bond donors (Lipinski definition) is 1. The van der Waals surface area contributed by atoms with Gasteiger partial charge in [-0.2, -0.15) is 12.6 Å². The first kappa shape index (κ1) is 13.7. The van der Waals surface area contributed by atoms with Crippen LogP contribution in [0.3, 0.4) is 0 Å². The Morgan fingerprint density at radius 3 is 2.65 bits per heavy atom. The molecule has 0 aromatic rings. The van der Waals surface area contributed by atoms with Gasteiger partial charge in [0.2, 0.25) is 0 Å². The summed E-state index contributed by atoms with van der Waals surface area (Å²) in [6, 6.07) is 0.884. The molecule has 0 amide bonds. The molecule has 1 unspecified atom stereocenters. The molecule has 0 saturated carbocycles. The SMILES string of the molecule is SCCCCCCN1CCCN2CCCC2C1. The van der Waals surface area contributed by atoms with E-state index in [9.17, 15) is 0 Å². The monoisotopic (exact) mass is 256 g/mol. The van der Waals surface area contributed by atoms with Gasteiger partial charge in [-0.25, -0.2) is 0 Å². The summed E-state index contributed by atoms with van der Waals surface area (Å²) < 4.78 is 0. The van der Waals surface area contributed by atoms with E-state index in [4.69, 9.17) is 0 Å². The Bertz CT molecular complexity index is 210.